The first-order valence-corrected chi connectivity index (χ1v) is 7.15. The first-order valence-electron chi connectivity index (χ1n) is 5.32. The van der Waals surface area contributed by atoms with Crippen LogP contribution in [-0.2, 0) is 9.84 Å². The Morgan fingerprint density at radius 1 is 1.21 bits per heavy atom. The van der Waals surface area contributed by atoms with Gasteiger partial charge in [-0.05, 0) is 25.9 Å². The highest BCUT2D eigenvalue weighted by molar-refractivity contribution is 7.91. The third kappa shape index (κ3) is 2.46. The fourth-order valence-corrected chi connectivity index (χ4v) is 3.56. The molecule has 0 saturated carbocycles. The van der Waals surface area contributed by atoms with E-state index in [9.17, 15) is 8.42 Å². The highest BCUT2D eigenvalue weighted by Crippen LogP contribution is 2.12. The monoisotopic (exact) mass is 218 g/mol. The first kappa shape index (κ1) is 10.4. The Kier molecular flexibility index (Phi) is 3.09. The fourth-order valence-electron chi connectivity index (χ4n) is 2.27. The van der Waals surface area contributed by atoms with Crippen molar-refractivity contribution in [3.8, 4) is 0 Å². The molecule has 0 aliphatic carbocycles. The molecule has 82 valence electrons. The highest BCUT2D eigenvalue weighted by atomic mass is 32.2. The van der Waals surface area contributed by atoms with E-state index in [0.717, 1.165) is 32.6 Å². The largest absolute Gasteiger partial charge is 0.315 e. The van der Waals surface area contributed by atoms with Crippen molar-refractivity contribution >= 4 is 9.84 Å². The van der Waals surface area contributed by atoms with Gasteiger partial charge in [-0.2, -0.15) is 0 Å². The topological polar surface area (TPSA) is 49.4 Å². The van der Waals surface area contributed by atoms with E-state index in [-0.39, 0.29) is 0 Å². The number of nitrogens with zero attached hydrogens (tertiary/aromatic N) is 1. The lowest BCUT2D eigenvalue weighted by Gasteiger charge is -2.25. The SMILES string of the molecule is O=S1(=O)CCCN(C2CCNC2)CC1. The summed E-state index contributed by atoms with van der Waals surface area (Å²) in [5.41, 5.74) is 0. The summed E-state index contributed by atoms with van der Waals surface area (Å²) in [7, 11) is -2.74. The fraction of sp³-hybridized carbons (Fsp3) is 1.00. The molecule has 0 amide bonds. The molecule has 1 atom stereocenters. The molecule has 4 nitrogen and oxygen atoms in total. The van der Waals surface area contributed by atoms with Crippen LogP contribution in [-0.4, -0.2) is 57.0 Å². The molecule has 0 bridgehead atoms. The summed E-state index contributed by atoms with van der Waals surface area (Å²) in [5, 5.41) is 3.32. The van der Waals surface area contributed by atoms with Gasteiger partial charge in [0.25, 0.3) is 0 Å². The zero-order chi connectivity index (χ0) is 10.0. The molecular weight excluding hydrogens is 200 g/mol. The molecule has 0 aromatic carbocycles. The lowest BCUT2D eigenvalue weighted by atomic mass is 10.2. The van der Waals surface area contributed by atoms with Crippen LogP contribution in [0.3, 0.4) is 0 Å². The molecule has 2 heterocycles. The van der Waals surface area contributed by atoms with E-state index in [1.807, 2.05) is 0 Å². The summed E-state index contributed by atoms with van der Waals surface area (Å²) in [4.78, 5) is 2.34. The number of sulfone groups is 1. The van der Waals surface area contributed by atoms with Gasteiger partial charge >= 0.3 is 0 Å². The molecule has 1 N–H and O–H groups in total. The summed E-state index contributed by atoms with van der Waals surface area (Å²) in [6, 6.07) is 0.572. The van der Waals surface area contributed by atoms with Crippen molar-refractivity contribution in [3.63, 3.8) is 0 Å². The smallest absolute Gasteiger partial charge is 0.151 e. The average molecular weight is 218 g/mol. The van der Waals surface area contributed by atoms with Gasteiger partial charge in [-0.25, -0.2) is 8.42 Å². The quantitative estimate of drug-likeness (QED) is 0.643. The van der Waals surface area contributed by atoms with E-state index < -0.39 is 9.84 Å². The molecule has 5 heteroatoms. The Morgan fingerprint density at radius 3 is 2.79 bits per heavy atom. The Hall–Kier alpha value is -0.130. The van der Waals surface area contributed by atoms with Gasteiger partial charge in [-0.15, -0.1) is 0 Å². The minimum Gasteiger partial charge on any atom is -0.315 e. The predicted molar refractivity (Wildman–Crippen MR) is 56.1 cm³/mol. The highest BCUT2D eigenvalue weighted by Gasteiger charge is 2.26. The van der Waals surface area contributed by atoms with Gasteiger partial charge in [0.2, 0.25) is 0 Å². The second-order valence-electron chi connectivity index (χ2n) is 4.19. The van der Waals surface area contributed by atoms with Crippen LogP contribution in [0.1, 0.15) is 12.8 Å². The Morgan fingerprint density at radius 2 is 2.07 bits per heavy atom. The predicted octanol–water partition coefficient (Wildman–Crippen LogP) is -0.531. The van der Waals surface area contributed by atoms with Crippen molar-refractivity contribution in [2.75, 3.05) is 37.7 Å². The molecule has 2 aliphatic heterocycles. The van der Waals surface area contributed by atoms with Gasteiger partial charge in [-0.1, -0.05) is 0 Å². The zero-order valence-corrected chi connectivity index (χ0v) is 9.22. The molecule has 2 saturated heterocycles. The Labute approximate surface area is 85.6 Å². The number of hydrogen-bond donors (Lipinski definition) is 1. The van der Waals surface area contributed by atoms with E-state index >= 15 is 0 Å². The van der Waals surface area contributed by atoms with Crippen molar-refractivity contribution in [1.29, 1.82) is 0 Å². The van der Waals surface area contributed by atoms with Crippen LogP contribution in [0.25, 0.3) is 0 Å². The van der Waals surface area contributed by atoms with Crippen LogP contribution >= 0.6 is 0 Å². The van der Waals surface area contributed by atoms with Crippen molar-refractivity contribution in [2.24, 2.45) is 0 Å². The molecule has 0 aromatic rings. The molecule has 2 fully saturated rings. The summed E-state index contributed by atoms with van der Waals surface area (Å²) in [6.45, 7) is 3.79. The van der Waals surface area contributed by atoms with Gasteiger partial charge in [0.05, 0.1) is 11.5 Å². The zero-order valence-electron chi connectivity index (χ0n) is 8.41. The van der Waals surface area contributed by atoms with Crippen LogP contribution in [0.2, 0.25) is 0 Å². The first-order chi connectivity index (χ1) is 6.67. The van der Waals surface area contributed by atoms with Crippen molar-refractivity contribution in [2.45, 2.75) is 18.9 Å². The van der Waals surface area contributed by atoms with Crippen LogP contribution in [0, 0.1) is 0 Å². The molecule has 1 unspecified atom stereocenters. The lowest BCUT2D eigenvalue weighted by Crippen LogP contribution is -2.38. The summed E-state index contributed by atoms with van der Waals surface area (Å²) in [5.74, 6) is 0.729. The van der Waals surface area contributed by atoms with Crippen molar-refractivity contribution < 1.29 is 8.42 Å². The second-order valence-corrected chi connectivity index (χ2v) is 6.49. The normalized spacial score (nSPS) is 34.1. The lowest BCUT2D eigenvalue weighted by molar-refractivity contribution is 0.224. The minimum atomic E-state index is -2.74. The molecule has 14 heavy (non-hydrogen) atoms. The standard InChI is InChI=1S/C9H18N2O2S/c12-14(13)6-1-4-11(5-7-14)9-2-3-10-8-9/h9-10H,1-8H2. The minimum absolute atomic E-state index is 0.351. The Balaban J connectivity index is 1.94. The summed E-state index contributed by atoms with van der Waals surface area (Å²) in [6.07, 6.45) is 1.97. The van der Waals surface area contributed by atoms with Crippen LogP contribution < -0.4 is 5.32 Å². The van der Waals surface area contributed by atoms with Crippen LogP contribution in [0.15, 0.2) is 0 Å². The van der Waals surface area contributed by atoms with E-state index in [1.165, 1.54) is 6.42 Å². The maximum Gasteiger partial charge on any atom is 0.151 e. The summed E-state index contributed by atoms with van der Waals surface area (Å²) >= 11 is 0. The summed E-state index contributed by atoms with van der Waals surface area (Å²) < 4.78 is 22.8. The molecule has 2 aliphatic rings. The van der Waals surface area contributed by atoms with Gasteiger partial charge in [0.1, 0.15) is 0 Å². The van der Waals surface area contributed by atoms with Crippen molar-refractivity contribution in [3.05, 3.63) is 0 Å². The molecule has 0 aromatic heterocycles. The second kappa shape index (κ2) is 4.16. The molecule has 2 rings (SSSR count). The van der Waals surface area contributed by atoms with E-state index in [4.69, 9.17) is 0 Å². The number of rotatable bonds is 1. The number of hydrogen-bond acceptors (Lipinski definition) is 4. The van der Waals surface area contributed by atoms with Crippen molar-refractivity contribution in [1.82, 2.24) is 10.2 Å². The van der Waals surface area contributed by atoms with Gasteiger partial charge in [-0.3, -0.25) is 4.90 Å². The molecule has 0 spiro atoms. The maximum absolute atomic E-state index is 11.4. The van der Waals surface area contributed by atoms with Crippen LogP contribution in [0.4, 0.5) is 0 Å². The van der Waals surface area contributed by atoms with Gasteiger partial charge in [0, 0.05) is 19.1 Å². The Bertz CT molecular complexity index is 283. The molecule has 0 radical (unpaired) electrons. The average Bonchev–Trinajstić information content (AvgIpc) is 2.58. The third-order valence-corrected chi connectivity index (χ3v) is 4.86. The van der Waals surface area contributed by atoms with Gasteiger partial charge < -0.3 is 5.32 Å². The third-order valence-electron chi connectivity index (χ3n) is 3.14. The van der Waals surface area contributed by atoms with Crippen LogP contribution in [0.5, 0.6) is 0 Å². The molecular formula is C9H18N2O2S. The number of nitrogens with one attached hydrogen (secondary N) is 1. The maximum atomic E-state index is 11.4. The van der Waals surface area contributed by atoms with E-state index in [2.05, 4.69) is 10.2 Å². The van der Waals surface area contributed by atoms with Gasteiger partial charge in [0.15, 0.2) is 9.84 Å². The van der Waals surface area contributed by atoms with E-state index in [0.29, 0.717) is 17.5 Å². The van der Waals surface area contributed by atoms with E-state index in [1.54, 1.807) is 0 Å².